The van der Waals surface area contributed by atoms with Crippen molar-refractivity contribution in [3.63, 3.8) is 0 Å². The highest BCUT2D eigenvalue weighted by molar-refractivity contribution is 5.92. The monoisotopic (exact) mass is 356 g/mol. The van der Waals surface area contributed by atoms with Gasteiger partial charge in [0.25, 0.3) is 5.91 Å². The van der Waals surface area contributed by atoms with Crippen molar-refractivity contribution in [2.24, 2.45) is 7.05 Å². The Morgan fingerprint density at radius 1 is 0.963 bits per heavy atom. The maximum Gasteiger partial charge on any atom is 0.270 e. The smallest absolute Gasteiger partial charge is 0.270 e. The number of fused-ring (bicyclic) bond motifs is 2. The fourth-order valence-corrected chi connectivity index (χ4v) is 3.77. The standard InChI is InChI=1S/C22H20N4O/c1-24-10-4-7-21(24)22(27)25-11-12-26-19(15-25)14-20(23-26)18-9-8-16-5-2-3-6-17(16)13-18/h2-10,13-14H,11-12,15H2,1H3. The Balaban J connectivity index is 1.44. The van der Waals surface area contributed by atoms with Gasteiger partial charge in [0.1, 0.15) is 5.69 Å². The molecule has 1 amide bonds. The van der Waals surface area contributed by atoms with Crippen molar-refractivity contribution in [1.29, 1.82) is 0 Å². The van der Waals surface area contributed by atoms with Crippen LogP contribution in [0.3, 0.4) is 0 Å². The van der Waals surface area contributed by atoms with Crippen LogP contribution < -0.4 is 0 Å². The summed E-state index contributed by atoms with van der Waals surface area (Å²) in [5, 5.41) is 7.21. The minimum absolute atomic E-state index is 0.0715. The lowest BCUT2D eigenvalue weighted by molar-refractivity contribution is 0.0696. The molecule has 0 saturated carbocycles. The first kappa shape index (κ1) is 15.9. The molecule has 1 aliphatic heterocycles. The predicted octanol–water partition coefficient (Wildman–Crippen LogP) is 3.70. The lowest BCUT2D eigenvalue weighted by Gasteiger charge is -2.27. The number of carbonyl (C=O) groups is 1. The Bertz CT molecular complexity index is 1150. The number of benzene rings is 2. The summed E-state index contributed by atoms with van der Waals surface area (Å²) in [4.78, 5) is 14.7. The zero-order valence-corrected chi connectivity index (χ0v) is 15.2. The van der Waals surface area contributed by atoms with Gasteiger partial charge in [-0.2, -0.15) is 5.10 Å². The topological polar surface area (TPSA) is 43.1 Å². The highest BCUT2D eigenvalue weighted by Crippen LogP contribution is 2.26. The summed E-state index contributed by atoms with van der Waals surface area (Å²) in [5.74, 6) is 0.0715. The Morgan fingerprint density at radius 3 is 2.63 bits per heavy atom. The van der Waals surface area contributed by atoms with Gasteiger partial charge >= 0.3 is 0 Å². The number of aryl methyl sites for hydroxylation is 1. The molecule has 5 nitrogen and oxygen atoms in total. The van der Waals surface area contributed by atoms with Crippen molar-refractivity contribution in [3.8, 4) is 11.3 Å². The van der Waals surface area contributed by atoms with E-state index in [1.54, 1.807) is 0 Å². The average Bonchev–Trinajstić information content (AvgIpc) is 3.32. The SMILES string of the molecule is Cn1cccc1C(=O)N1CCn2nc(-c3ccc4ccccc4c3)cc2C1. The molecular weight excluding hydrogens is 336 g/mol. The number of carbonyl (C=O) groups excluding carboxylic acids is 1. The second kappa shape index (κ2) is 6.13. The number of hydrogen-bond acceptors (Lipinski definition) is 2. The predicted molar refractivity (Wildman–Crippen MR) is 105 cm³/mol. The molecule has 0 fully saturated rings. The first-order valence-corrected chi connectivity index (χ1v) is 9.15. The van der Waals surface area contributed by atoms with E-state index in [0.717, 1.165) is 29.2 Å². The van der Waals surface area contributed by atoms with Gasteiger partial charge in [0.15, 0.2) is 0 Å². The van der Waals surface area contributed by atoms with Gasteiger partial charge in [0.2, 0.25) is 0 Å². The number of aromatic nitrogens is 3. The number of rotatable bonds is 2. The van der Waals surface area contributed by atoms with Crippen LogP contribution in [0.15, 0.2) is 66.9 Å². The molecule has 134 valence electrons. The molecule has 5 heteroatoms. The summed E-state index contributed by atoms with van der Waals surface area (Å²) in [6, 6.07) is 20.6. The van der Waals surface area contributed by atoms with Crippen LogP contribution in [0.5, 0.6) is 0 Å². The third kappa shape index (κ3) is 2.72. The molecule has 0 spiro atoms. The molecular formula is C22H20N4O. The Hall–Kier alpha value is -3.34. The molecule has 27 heavy (non-hydrogen) atoms. The highest BCUT2D eigenvalue weighted by atomic mass is 16.2. The Kier molecular flexibility index (Phi) is 3.60. The molecule has 2 aromatic carbocycles. The summed E-state index contributed by atoms with van der Waals surface area (Å²) in [5.41, 5.74) is 3.87. The van der Waals surface area contributed by atoms with Crippen molar-refractivity contribution < 1.29 is 4.79 Å². The Morgan fingerprint density at radius 2 is 1.81 bits per heavy atom. The van der Waals surface area contributed by atoms with Crippen LogP contribution >= 0.6 is 0 Å². The fraction of sp³-hybridized carbons (Fsp3) is 0.182. The van der Waals surface area contributed by atoms with Gasteiger partial charge in [0.05, 0.1) is 24.5 Å². The largest absolute Gasteiger partial charge is 0.347 e. The normalized spacial score (nSPS) is 13.7. The quantitative estimate of drug-likeness (QED) is 0.550. The summed E-state index contributed by atoms with van der Waals surface area (Å²) in [6.07, 6.45) is 1.90. The van der Waals surface area contributed by atoms with E-state index in [2.05, 4.69) is 48.5 Å². The molecule has 2 aromatic heterocycles. The molecule has 0 unspecified atom stereocenters. The first-order valence-electron chi connectivity index (χ1n) is 9.15. The van der Waals surface area contributed by atoms with E-state index in [9.17, 15) is 4.79 Å². The third-order valence-corrected chi connectivity index (χ3v) is 5.29. The highest BCUT2D eigenvalue weighted by Gasteiger charge is 2.24. The second-order valence-electron chi connectivity index (χ2n) is 7.04. The minimum atomic E-state index is 0.0715. The van der Waals surface area contributed by atoms with Crippen molar-refractivity contribution in [2.75, 3.05) is 6.54 Å². The molecule has 0 atom stereocenters. The fourth-order valence-electron chi connectivity index (χ4n) is 3.77. The lowest BCUT2D eigenvalue weighted by Crippen LogP contribution is -2.39. The summed E-state index contributed by atoms with van der Waals surface area (Å²) >= 11 is 0. The van der Waals surface area contributed by atoms with E-state index in [1.807, 2.05) is 39.5 Å². The molecule has 0 N–H and O–H groups in total. The zero-order valence-electron chi connectivity index (χ0n) is 15.2. The first-order chi connectivity index (χ1) is 13.2. The van der Waals surface area contributed by atoms with Crippen LogP contribution in [0.4, 0.5) is 0 Å². The van der Waals surface area contributed by atoms with Crippen molar-refractivity contribution in [1.82, 2.24) is 19.2 Å². The van der Waals surface area contributed by atoms with E-state index >= 15 is 0 Å². The van der Waals surface area contributed by atoms with Crippen molar-refractivity contribution >= 4 is 16.7 Å². The maximum atomic E-state index is 12.8. The van der Waals surface area contributed by atoms with Crippen LogP contribution in [0, 0.1) is 0 Å². The number of hydrogen-bond donors (Lipinski definition) is 0. The molecule has 0 radical (unpaired) electrons. The van der Waals surface area contributed by atoms with E-state index in [4.69, 9.17) is 5.10 Å². The second-order valence-corrected chi connectivity index (χ2v) is 7.04. The molecule has 0 bridgehead atoms. The van der Waals surface area contributed by atoms with E-state index in [0.29, 0.717) is 13.1 Å². The number of nitrogens with zero attached hydrogens (tertiary/aromatic N) is 4. The van der Waals surface area contributed by atoms with Gasteiger partial charge in [0, 0.05) is 25.4 Å². The van der Waals surface area contributed by atoms with Gasteiger partial charge in [-0.15, -0.1) is 0 Å². The molecule has 1 aliphatic rings. The zero-order chi connectivity index (χ0) is 18.4. The van der Waals surface area contributed by atoms with E-state index in [1.165, 1.54) is 10.8 Å². The van der Waals surface area contributed by atoms with Crippen LogP contribution in [-0.4, -0.2) is 31.7 Å². The molecule has 4 aromatic rings. The Labute approximate surface area is 157 Å². The van der Waals surface area contributed by atoms with Crippen molar-refractivity contribution in [2.45, 2.75) is 13.1 Å². The van der Waals surface area contributed by atoms with Crippen LogP contribution in [0.1, 0.15) is 16.2 Å². The van der Waals surface area contributed by atoms with Gasteiger partial charge in [-0.25, -0.2) is 0 Å². The van der Waals surface area contributed by atoms with E-state index < -0.39 is 0 Å². The van der Waals surface area contributed by atoms with Gasteiger partial charge < -0.3 is 9.47 Å². The minimum Gasteiger partial charge on any atom is -0.347 e. The van der Waals surface area contributed by atoms with E-state index in [-0.39, 0.29) is 5.91 Å². The van der Waals surface area contributed by atoms with Crippen LogP contribution in [-0.2, 0) is 20.1 Å². The summed E-state index contributed by atoms with van der Waals surface area (Å²) in [7, 11) is 1.90. The molecule has 3 heterocycles. The number of amides is 1. The summed E-state index contributed by atoms with van der Waals surface area (Å²) in [6.45, 7) is 1.99. The van der Waals surface area contributed by atoms with Gasteiger partial charge in [-0.1, -0.05) is 36.4 Å². The lowest BCUT2D eigenvalue weighted by atomic mass is 10.1. The van der Waals surface area contributed by atoms with Crippen molar-refractivity contribution in [3.05, 3.63) is 78.2 Å². The summed E-state index contributed by atoms with van der Waals surface area (Å²) < 4.78 is 3.90. The molecule has 0 aliphatic carbocycles. The van der Waals surface area contributed by atoms with Gasteiger partial charge in [-0.3, -0.25) is 9.48 Å². The third-order valence-electron chi connectivity index (χ3n) is 5.29. The van der Waals surface area contributed by atoms with Crippen LogP contribution in [0.25, 0.3) is 22.0 Å². The molecule has 0 saturated heterocycles. The maximum absolute atomic E-state index is 12.8. The molecule has 5 rings (SSSR count). The average molecular weight is 356 g/mol. The van der Waals surface area contributed by atoms with Gasteiger partial charge in [-0.05, 0) is 35.0 Å². The van der Waals surface area contributed by atoms with Crippen LogP contribution in [0.2, 0.25) is 0 Å².